The van der Waals surface area contributed by atoms with E-state index in [9.17, 15) is 32.6 Å². The fourth-order valence-corrected chi connectivity index (χ4v) is 4.94. The number of methoxy groups -OCH3 is 1. The Labute approximate surface area is 206 Å². The Morgan fingerprint density at radius 3 is 2.47 bits per heavy atom. The summed E-state index contributed by atoms with van der Waals surface area (Å²) in [6, 6.07) is 5.48. The summed E-state index contributed by atoms with van der Waals surface area (Å²) in [6.45, 7) is 1.25. The summed E-state index contributed by atoms with van der Waals surface area (Å²) in [6.07, 6.45) is -5.13. The first kappa shape index (κ1) is 26.0. The Morgan fingerprint density at radius 1 is 1.17 bits per heavy atom. The van der Waals surface area contributed by atoms with Crippen LogP contribution in [0.25, 0.3) is 0 Å². The van der Waals surface area contributed by atoms with E-state index in [2.05, 4.69) is 10.6 Å². The molecule has 1 fully saturated rings. The molecule has 1 aliphatic carbocycles. The van der Waals surface area contributed by atoms with Crippen LogP contribution < -0.4 is 20.3 Å². The van der Waals surface area contributed by atoms with Crippen molar-refractivity contribution in [2.24, 2.45) is 0 Å². The van der Waals surface area contributed by atoms with Gasteiger partial charge in [-0.05, 0) is 43.0 Å². The van der Waals surface area contributed by atoms with Crippen LogP contribution in [0.4, 0.5) is 33.7 Å². The number of benzene rings is 2. The summed E-state index contributed by atoms with van der Waals surface area (Å²) in [5.41, 5.74) is 0.508. The maximum absolute atomic E-state index is 14.1. The molecule has 2 aromatic carbocycles. The molecule has 2 aliphatic rings. The normalized spacial score (nSPS) is 20.9. The van der Waals surface area contributed by atoms with Crippen molar-refractivity contribution in [2.75, 3.05) is 30.4 Å². The van der Waals surface area contributed by atoms with Crippen LogP contribution in [-0.4, -0.2) is 48.7 Å². The lowest BCUT2D eigenvalue weighted by atomic mass is 10.0. The number of nitrogens with zero attached hydrogens (tertiary/aromatic N) is 1. The topological polar surface area (TPSA) is 94.1 Å². The number of hydrogen-bond acceptors (Lipinski definition) is 5. The first-order valence-corrected chi connectivity index (χ1v) is 11.8. The minimum Gasteiger partial charge on any atom is -0.494 e. The van der Waals surface area contributed by atoms with E-state index >= 15 is 0 Å². The van der Waals surface area contributed by atoms with E-state index in [1.807, 2.05) is 4.90 Å². The first-order chi connectivity index (χ1) is 17.1. The zero-order valence-corrected chi connectivity index (χ0v) is 19.7. The molecule has 196 valence electrons. The van der Waals surface area contributed by atoms with Crippen molar-refractivity contribution in [3.8, 4) is 5.75 Å². The second kappa shape index (κ2) is 10.5. The Bertz CT molecular complexity index is 1100. The minimum absolute atomic E-state index is 0.0637. The van der Waals surface area contributed by atoms with Gasteiger partial charge in [0.1, 0.15) is 17.7 Å². The van der Waals surface area contributed by atoms with E-state index < -0.39 is 41.8 Å². The van der Waals surface area contributed by atoms with E-state index in [-0.39, 0.29) is 23.4 Å². The molecule has 2 amide bonds. The number of anilines is 2. The van der Waals surface area contributed by atoms with Gasteiger partial charge in [0, 0.05) is 29.9 Å². The summed E-state index contributed by atoms with van der Waals surface area (Å²) in [5, 5.41) is 25.7. The largest absolute Gasteiger partial charge is 0.494 e. The van der Waals surface area contributed by atoms with E-state index in [1.165, 1.54) is 24.3 Å². The highest BCUT2D eigenvalue weighted by molar-refractivity contribution is 5.92. The number of ether oxygens (including phenoxy) is 1. The Balaban J connectivity index is 1.62. The standard InChI is InChI=1S/C25H29F4N3O4/c1-36-22-16(23(34)25(27,28)29)12-15(32-9-4-2-3-5-10-32)13-19(22)31-24(35)30-18-11-14-7-6-8-17(26)20(14)21(18)33/h6-8,12-13,18,21,23,33-34H,2-5,9-11H2,1H3,(H2,30,31,35). The monoisotopic (exact) mass is 511 g/mol. The fourth-order valence-electron chi connectivity index (χ4n) is 4.94. The lowest BCUT2D eigenvalue weighted by Crippen LogP contribution is -2.40. The number of rotatable bonds is 5. The van der Waals surface area contributed by atoms with Crippen molar-refractivity contribution in [2.45, 2.75) is 56.5 Å². The predicted molar refractivity (Wildman–Crippen MR) is 126 cm³/mol. The summed E-state index contributed by atoms with van der Waals surface area (Å²) < 4.78 is 59.8. The third-order valence-corrected chi connectivity index (χ3v) is 6.71. The molecule has 36 heavy (non-hydrogen) atoms. The second-order valence-electron chi connectivity index (χ2n) is 9.13. The van der Waals surface area contributed by atoms with Crippen LogP contribution in [0.1, 0.15) is 54.6 Å². The molecule has 1 aliphatic heterocycles. The summed E-state index contributed by atoms with van der Waals surface area (Å²) in [4.78, 5) is 14.8. The molecular weight excluding hydrogens is 482 g/mol. The molecule has 0 spiro atoms. The number of aliphatic hydroxyl groups is 2. The molecule has 0 bridgehead atoms. The fraction of sp³-hybridized carbons (Fsp3) is 0.480. The molecular formula is C25H29F4N3O4. The molecule has 0 radical (unpaired) electrons. The van der Waals surface area contributed by atoms with Crippen LogP contribution in [0.3, 0.4) is 0 Å². The Hall–Kier alpha value is -3.05. The van der Waals surface area contributed by atoms with Crippen molar-refractivity contribution in [3.63, 3.8) is 0 Å². The number of carbonyl (C=O) groups excluding carboxylic acids is 1. The number of nitrogens with one attached hydrogen (secondary N) is 2. The van der Waals surface area contributed by atoms with Crippen molar-refractivity contribution in [3.05, 3.63) is 52.8 Å². The van der Waals surface area contributed by atoms with Gasteiger partial charge >= 0.3 is 12.2 Å². The number of halogens is 4. The van der Waals surface area contributed by atoms with E-state index in [0.717, 1.165) is 32.8 Å². The molecule has 3 atom stereocenters. The molecule has 0 aromatic heterocycles. The lowest BCUT2D eigenvalue weighted by molar-refractivity contribution is -0.207. The highest BCUT2D eigenvalue weighted by Gasteiger charge is 2.42. The molecule has 1 saturated heterocycles. The predicted octanol–water partition coefficient (Wildman–Crippen LogP) is 4.59. The number of amides is 2. The summed E-state index contributed by atoms with van der Waals surface area (Å²) in [7, 11) is 1.15. The molecule has 4 N–H and O–H groups in total. The third kappa shape index (κ3) is 5.36. The van der Waals surface area contributed by atoms with Crippen molar-refractivity contribution in [1.29, 1.82) is 0 Å². The number of urea groups is 1. The average Bonchev–Trinajstić information content (AvgIpc) is 2.99. The van der Waals surface area contributed by atoms with Gasteiger partial charge in [-0.3, -0.25) is 0 Å². The van der Waals surface area contributed by atoms with E-state index in [0.29, 0.717) is 24.3 Å². The maximum Gasteiger partial charge on any atom is 0.418 e. The second-order valence-corrected chi connectivity index (χ2v) is 9.13. The first-order valence-electron chi connectivity index (χ1n) is 11.8. The van der Waals surface area contributed by atoms with E-state index in [4.69, 9.17) is 4.74 Å². The van der Waals surface area contributed by atoms with Gasteiger partial charge in [-0.1, -0.05) is 25.0 Å². The van der Waals surface area contributed by atoms with Gasteiger partial charge in [0.25, 0.3) is 0 Å². The molecule has 11 heteroatoms. The van der Waals surface area contributed by atoms with Crippen LogP contribution in [-0.2, 0) is 6.42 Å². The lowest BCUT2D eigenvalue weighted by Gasteiger charge is -2.27. The Kier molecular flexibility index (Phi) is 7.60. The van der Waals surface area contributed by atoms with Gasteiger partial charge in [-0.15, -0.1) is 0 Å². The van der Waals surface area contributed by atoms with Crippen LogP contribution in [0, 0.1) is 5.82 Å². The van der Waals surface area contributed by atoms with E-state index in [1.54, 1.807) is 6.07 Å². The smallest absolute Gasteiger partial charge is 0.418 e. The Morgan fingerprint density at radius 2 is 1.86 bits per heavy atom. The molecule has 3 unspecified atom stereocenters. The van der Waals surface area contributed by atoms with Gasteiger partial charge in [-0.2, -0.15) is 13.2 Å². The third-order valence-electron chi connectivity index (χ3n) is 6.71. The van der Waals surface area contributed by atoms with Gasteiger partial charge in [-0.25, -0.2) is 9.18 Å². The number of fused-ring (bicyclic) bond motifs is 1. The number of carbonyl (C=O) groups is 1. The number of alkyl halides is 3. The van der Waals surface area contributed by atoms with Crippen LogP contribution in [0.15, 0.2) is 30.3 Å². The molecule has 2 aromatic rings. The highest BCUT2D eigenvalue weighted by atomic mass is 19.4. The van der Waals surface area contributed by atoms with Gasteiger partial charge in [0.15, 0.2) is 6.10 Å². The summed E-state index contributed by atoms with van der Waals surface area (Å²) >= 11 is 0. The molecule has 0 saturated carbocycles. The van der Waals surface area contributed by atoms with Crippen molar-refractivity contribution < 1.29 is 37.3 Å². The van der Waals surface area contributed by atoms with Gasteiger partial charge in [0.05, 0.1) is 18.8 Å². The SMILES string of the molecule is COc1c(NC(=O)NC2Cc3cccc(F)c3C2O)cc(N2CCCCCC2)cc1C(O)C(F)(F)F. The minimum atomic E-state index is -4.95. The van der Waals surface area contributed by atoms with Crippen molar-refractivity contribution >= 4 is 17.4 Å². The average molecular weight is 512 g/mol. The molecule has 7 nitrogen and oxygen atoms in total. The quantitative estimate of drug-likeness (QED) is 0.441. The zero-order chi connectivity index (χ0) is 26.0. The van der Waals surface area contributed by atoms with Crippen LogP contribution >= 0.6 is 0 Å². The molecule has 4 rings (SSSR count). The zero-order valence-electron chi connectivity index (χ0n) is 19.7. The van der Waals surface area contributed by atoms with Crippen molar-refractivity contribution in [1.82, 2.24) is 5.32 Å². The van der Waals surface area contributed by atoms with Crippen LogP contribution in [0.5, 0.6) is 5.75 Å². The molecule has 1 heterocycles. The van der Waals surface area contributed by atoms with Gasteiger partial charge in [0.2, 0.25) is 0 Å². The number of aliphatic hydroxyl groups excluding tert-OH is 2. The number of hydrogen-bond donors (Lipinski definition) is 4. The maximum atomic E-state index is 14.1. The summed E-state index contributed by atoms with van der Waals surface area (Å²) in [5.74, 6) is -0.905. The van der Waals surface area contributed by atoms with Gasteiger partial charge < -0.3 is 30.5 Å². The van der Waals surface area contributed by atoms with Crippen LogP contribution in [0.2, 0.25) is 0 Å². The highest BCUT2D eigenvalue weighted by Crippen LogP contribution is 2.43.